The molecule has 2 heterocycles. The molecule has 0 aliphatic carbocycles. The summed E-state index contributed by atoms with van der Waals surface area (Å²) in [6.07, 6.45) is 5.66. The lowest BCUT2D eigenvalue weighted by molar-refractivity contribution is 0.183. The topological polar surface area (TPSA) is 49.0 Å². The van der Waals surface area contributed by atoms with Gasteiger partial charge in [-0.1, -0.05) is 30.3 Å². The Labute approximate surface area is 134 Å². The van der Waals surface area contributed by atoms with E-state index >= 15 is 0 Å². The van der Waals surface area contributed by atoms with Crippen LogP contribution < -0.4 is 5.56 Å². The number of aryl methyl sites for hydroxylation is 1. The predicted octanol–water partition coefficient (Wildman–Crippen LogP) is 2.56. The Balaban J connectivity index is 2.09. The summed E-state index contributed by atoms with van der Waals surface area (Å²) in [7, 11) is 3.43. The highest BCUT2D eigenvalue weighted by atomic mass is 16.5. The maximum Gasteiger partial charge on any atom is 0.250 e. The van der Waals surface area contributed by atoms with Crippen molar-refractivity contribution in [2.45, 2.75) is 6.54 Å². The summed E-state index contributed by atoms with van der Waals surface area (Å²) in [5.74, 6) is 0. The van der Waals surface area contributed by atoms with Gasteiger partial charge < -0.3 is 9.30 Å². The van der Waals surface area contributed by atoms with E-state index in [1.54, 1.807) is 24.8 Å². The van der Waals surface area contributed by atoms with Crippen LogP contribution in [0.4, 0.5) is 0 Å². The third-order valence-electron chi connectivity index (χ3n) is 3.78. The van der Waals surface area contributed by atoms with Crippen molar-refractivity contribution in [1.82, 2.24) is 14.3 Å². The number of aromatic nitrogens is 3. The second-order valence-corrected chi connectivity index (χ2v) is 5.40. The molecule has 0 amide bonds. The van der Waals surface area contributed by atoms with Crippen molar-refractivity contribution in [3.05, 3.63) is 65.3 Å². The molecule has 0 unspecified atom stereocenters. The van der Waals surface area contributed by atoms with Crippen LogP contribution in [0, 0.1) is 0 Å². The summed E-state index contributed by atoms with van der Waals surface area (Å²) in [5.41, 5.74) is 3.88. The molecule has 5 nitrogen and oxygen atoms in total. The smallest absolute Gasteiger partial charge is 0.250 e. The van der Waals surface area contributed by atoms with Crippen molar-refractivity contribution in [3.8, 4) is 22.3 Å². The highest BCUT2D eigenvalue weighted by molar-refractivity contribution is 5.82. The second-order valence-electron chi connectivity index (χ2n) is 5.40. The second kappa shape index (κ2) is 6.62. The molecule has 5 heteroatoms. The minimum atomic E-state index is -0.0284. The molecule has 3 rings (SSSR count). The lowest BCUT2D eigenvalue weighted by atomic mass is 9.98. The summed E-state index contributed by atoms with van der Waals surface area (Å²) < 4.78 is 8.52. The molecule has 2 aromatic heterocycles. The number of hydrogen-bond acceptors (Lipinski definition) is 3. The van der Waals surface area contributed by atoms with Gasteiger partial charge in [0, 0.05) is 43.7 Å². The zero-order chi connectivity index (χ0) is 16.2. The Morgan fingerprint density at radius 2 is 1.87 bits per heavy atom. The van der Waals surface area contributed by atoms with Crippen LogP contribution >= 0.6 is 0 Å². The molecule has 0 radical (unpaired) electrons. The Kier molecular flexibility index (Phi) is 4.39. The molecule has 0 saturated heterocycles. The van der Waals surface area contributed by atoms with E-state index in [1.165, 1.54) is 0 Å². The fourth-order valence-electron chi connectivity index (χ4n) is 2.53. The molecule has 0 aliphatic rings. The monoisotopic (exact) mass is 309 g/mol. The standard InChI is InChI=1S/C18H19N3O2/c1-20-13-17(15-11-19-21(12-15)8-9-23-2)16(10-18(20)22)14-6-4-3-5-7-14/h3-7,10-13H,8-9H2,1-2H3. The number of methoxy groups -OCH3 is 1. The van der Waals surface area contributed by atoms with Gasteiger partial charge in [0.25, 0.3) is 5.56 Å². The fraction of sp³-hybridized carbons (Fsp3) is 0.222. The molecule has 0 atom stereocenters. The largest absolute Gasteiger partial charge is 0.383 e. The highest BCUT2D eigenvalue weighted by Gasteiger charge is 2.11. The van der Waals surface area contributed by atoms with Crippen LogP contribution in [0.3, 0.4) is 0 Å². The first-order chi connectivity index (χ1) is 11.2. The molecule has 0 spiro atoms. The first kappa shape index (κ1) is 15.2. The van der Waals surface area contributed by atoms with Crippen molar-refractivity contribution >= 4 is 0 Å². The third kappa shape index (κ3) is 3.24. The van der Waals surface area contributed by atoms with E-state index in [2.05, 4.69) is 5.10 Å². The zero-order valence-electron chi connectivity index (χ0n) is 13.3. The van der Waals surface area contributed by atoms with E-state index in [9.17, 15) is 4.79 Å². The van der Waals surface area contributed by atoms with E-state index < -0.39 is 0 Å². The van der Waals surface area contributed by atoms with Gasteiger partial charge in [-0.3, -0.25) is 9.48 Å². The summed E-state index contributed by atoms with van der Waals surface area (Å²) in [6.45, 7) is 1.31. The van der Waals surface area contributed by atoms with E-state index in [4.69, 9.17) is 4.74 Å². The number of hydrogen-bond donors (Lipinski definition) is 0. The molecule has 0 fully saturated rings. The lowest BCUT2D eigenvalue weighted by Gasteiger charge is -2.10. The SMILES string of the molecule is COCCn1cc(-c2cn(C)c(=O)cc2-c2ccccc2)cn1. The number of benzene rings is 1. The normalized spacial score (nSPS) is 10.9. The summed E-state index contributed by atoms with van der Waals surface area (Å²) in [6, 6.07) is 11.6. The molecule has 0 aliphatic heterocycles. The maximum atomic E-state index is 12.1. The van der Waals surface area contributed by atoms with Gasteiger partial charge in [-0.25, -0.2) is 0 Å². The summed E-state index contributed by atoms with van der Waals surface area (Å²) in [5, 5.41) is 4.37. The van der Waals surface area contributed by atoms with Gasteiger partial charge in [0.1, 0.15) is 0 Å². The van der Waals surface area contributed by atoms with Crippen LogP contribution in [0.25, 0.3) is 22.3 Å². The highest BCUT2D eigenvalue weighted by Crippen LogP contribution is 2.30. The van der Waals surface area contributed by atoms with Gasteiger partial charge in [-0.15, -0.1) is 0 Å². The lowest BCUT2D eigenvalue weighted by Crippen LogP contribution is -2.15. The molecule has 0 N–H and O–H groups in total. The number of pyridine rings is 1. The van der Waals surface area contributed by atoms with Crippen LogP contribution in [0.15, 0.2) is 59.8 Å². The van der Waals surface area contributed by atoms with Gasteiger partial charge in [0.15, 0.2) is 0 Å². The van der Waals surface area contributed by atoms with Gasteiger partial charge in [0.05, 0.1) is 19.3 Å². The van der Waals surface area contributed by atoms with Gasteiger partial charge in [-0.2, -0.15) is 5.10 Å². The van der Waals surface area contributed by atoms with Crippen LogP contribution in [0.1, 0.15) is 0 Å². The average Bonchev–Trinajstić information content (AvgIpc) is 3.04. The quantitative estimate of drug-likeness (QED) is 0.728. The van der Waals surface area contributed by atoms with Gasteiger partial charge in [-0.05, 0) is 11.1 Å². The van der Waals surface area contributed by atoms with Gasteiger partial charge in [0.2, 0.25) is 0 Å². The molecule has 0 bridgehead atoms. The van der Waals surface area contributed by atoms with Crippen molar-refractivity contribution in [2.24, 2.45) is 7.05 Å². The maximum absolute atomic E-state index is 12.1. The Morgan fingerprint density at radius 3 is 2.61 bits per heavy atom. The number of rotatable bonds is 5. The molecule has 3 aromatic rings. The average molecular weight is 309 g/mol. The van der Waals surface area contributed by atoms with Crippen LogP contribution in [0.5, 0.6) is 0 Å². The zero-order valence-corrected chi connectivity index (χ0v) is 13.3. The summed E-state index contributed by atoms with van der Waals surface area (Å²) >= 11 is 0. The minimum Gasteiger partial charge on any atom is -0.383 e. The first-order valence-corrected chi connectivity index (χ1v) is 7.47. The fourth-order valence-corrected chi connectivity index (χ4v) is 2.53. The van der Waals surface area contributed by atoms with Gasteiger partial charge >= 0.3 is 0 Å². The molecular weight excluding hydrogens is 290 g/mol. The Bertz CT molecular complexity index is 850. The van der Waals surface area contributed by atoms with Crippen molar-refractivity contribution < 1.29 is 4.74 Å². The minimum absolute atomic E-state index is 0.0284. The Hall–Kier alpha value is -2.66. The third-order valence-corrected chi connectivity index (χ3v) is 3.78. The van der Waals surface area contributed by atoms with E-state index in [1.807, 2.05) is 53.6 Å². The van der Waals surface area contributed by atoms with E-state index in [-0.39, 0.29) is 5.56 Å². The molecule has 23 heavy (non-hydrogen) atoms. The molecule has 1 aromatic carbocycles. The molecule has 118 valence electrons. The van der Waals surface area contributed by atoms with Crippen molar-refractivity contribution in [1.29, 1.82) is 0 Å². The molecule has 0 saturated carbocycles. The first-order valence-electron chi connectivity index (χ1n) is 7.47. The van der Waals surface area contributed by atoms with Crippen molar-refractivity contribution in [2.75, 3.05) is 13.7 Å². The van der Waals surface area contributed by atoms with Crippen LogP contribution in [0.2, 0.25) is 0 Å². The van der Waals surface area contributed by atoms with Crippen molar-refractivity contribution in [3.63, 3.8) is 0 Å². The van der Waals surface area contributed by atoms with Crippen LogP contribution in [-0.2, 0) is 18.3 Å². The van der Waals surface area contributed by atoms with Crippen LogP contribution in [-0.4, -0.2) is 28.1 Å². The van der Waals surface area contributed by atoms with E-state index in [0.717, 1.165) is 22.3 Å². The molecular formula is C18H19N3O2. The Morgan fingerprint density at radius 1 is 1.09 bits per heavy atom. The summed E-state index contributed by atoms with van der Waals surface area (Å²) in [4.78, 5) is 12.1. The number of ether oxygens (including phenoxy) is 1. The number of nitrogens with zero attached hydrogens (tertiary/aromatic N) is 3. The predicted molar refractivity (Wildman–Crippen MR) is 90.2 cm³/mol. The van der Waals surface area contributed by atoms with E-state index in [0.29, 0.717) is 13.2 Å².